The first-order chi connectivity index (χ1) is 12.2. The maximum atomic E-state index is 12.1. The van der Waals surface area contributed by atoms with E-state index in [9.17, 15) is 4.79 Å². The van der Waals surface area contributed by atoms with Crippen molar-refractivity contribution < 1.29 is 9.53 Å². The van der Waals surface area contributed by atoms with Crippen LogP contribution in [0.2, 0.25) is 5.02 Å². The average Bonchev–Trinajstić information content (AvgIpc) is 3.12. The maximum absolute atomic E-state index is 12.1. The molecule has 0 unspecified atom stereocenters. The van der Waals surface area contributed by atoms with Crippen LogP contribution in [0, 0.1) is 0 Å². The molecule has 0 saturated carbocycles. The molecule has 126 valence electrons. The summed E-state index contributed by atoms with van der Waals surface area (Å²) in [6.07, 6.45) is 1.53. The van der Waals surface area contributed by atoms with E-state index in [1.54, 1.807) is 25.3 Å². The van der Waals surface area contributed by atoms with E-state index >= 15 is 0 Å². The van der Waals surface area contributed by atoms with Gasteiger partial charge in [0.1, 0.15) is 11.4 Å². The number of carbonyl (C=O) groups excluding carboxylic acids is 1. The highest BCUT2D eigenvalue weighted by Crippen LogP contribution is 2.26. The molecule has 3 aromatic rings. The number of H-pyrrole nitrogens is 1. The zero-order chi connectivity index (χ0) is 17.6. The van der Waals surface area contributed by atoms with Gasteiger partial charge in [-0.05, 0) is 29.8 Å². The Morgan fingerprint density at radius 3 is 2.88 bits per heavy atom. The summed E-state index contributed by atoms with van der Waals surface area (Å²) in [5.74, 6) is 0.318. The van der Waals surface area contributed by atoms with Crippen LogP contribution in [0.4, 0.5) is 0 Å². The van der Waals surface area contributed by atoms with Gasteiger partial charge in [-0.25, -0.2) is 5.43 Å². The molecule has 2 N–H and O–H groups in total. The van der Waals surface area contributed by atoms with Crippen LogP contribution in [0.3, 0.4) is 0 Å². The lowest BCUT2D eigenvalue weighted by Gasteiger charge is -2.00. The molecule has 0 radical (unpaired) electrons. The van der Waals surface area contributed by atoms with Crippen LogP contribution in [-0.2, 0) is 0 Å². The van der Waals surface area contributed by atoms with Crippen LogP contribution in [0.1, 0.15) is 16.1 Å². The van der Waals surface area contributed by atoms with Gasteiger partial charge in [-0.2, -0.15) is 10.2 Å². The van der Waals surface area contributed by atoms with E-state index in [-0.39, 0.29) is 5.69 Å². The van der Waals surface area contributed by atoms with E-state index in [1.165, 1.54) is 6.21 Å². The Morgan fingerprint density at radius 1 is 1.24 bits per heavy atom. The van der Waals surface area contributed by atoms with Crippen molar-refractivity contribution in [2.24, 2.45) is 5.10 Å². The molecular weight excluding hydrogens is 340 g/mol. The molecule has 25 heavy (non-hydrogen) atoms. The quantitative estimate of drug-likeness (QED) is 0.543. The maximum Gasteiger partial charge on any atom is 0.289 e. The number of ether oxygens (including phenoxy) is 1. The molecule has 6 nitrogen and oxygen atoms in total. The number of methoxy groups -OCH3 is 1. The third-order valence-electron chi connectivity index (χ3n) is 3.45. The lowest BCUT2D eigenvalue weighted by molar-refractivity contribution is 0.0950. The first-order valence-electron chi connectivity index (χ1n) is 7.45. The smallest absolute Gasteiger partial charge is 0.289 e. The zero-order valence-electron chi connectivity index (χ0n) is 13.4. The van der Waals surface area contributed by atoms with Gasteiger partial charge in [0.05, 0.1) is 24.0 Å². The Morgan fingerprint density at radius 2 is 2.08 bits per heavy atom. The average molecular weight is 355 g/mol. The van der Waals surface area contributed by atoms with Gasteiger partial charge < -0.3 is 4.74 Å². The molecule has 1 amide bonds. The highest BCUT2D eigenvalue weighted by molar-refractivity contribution is 6.33. The van der Waals surface area contributed by atoms with Gasteiger partial charge in [-0.15, -0.1) is 0 Å². The van der Waals surface area contributed by atoms with Crippen molar-refractivity contribution in [1.29, 1.82) is 0 Å². The fourth-order valence-corrected chi connectivity index (χ4v) is 2.42. The summed E-state index contributed by atoms with van der Waals surface area (Å²) in [5.41, 5.74) is 4.89. The van der Waals surface area contributed by atoms with Crippen molar-refractivity contribution in [3.05, 3.63) is 70.9 Å². The highest BCUT2D eigenvalue weighted by atomic mass is 35.5. The zero-order valence-corrected chi connectivity index (χ0v) is 14.1. The number of aromatic amines is 1. The van der Waals surface area contributed by atoms with Gasteiger partial charge in [0.2, 0.25) is 0 Å². The number of benzene rings is 2. The van der Waals surface area contributed by atoms with Crippen molar-refractivity contribution in [2.75, 3.05) is 7.11 Å². The number of hydrazone groups is 1. The van der Waals surface area contributed by atoms with Crippen LogP contribution in [0.25, 0.3) is 11.3 Å². The van der Waals surface area contributed by atoms with Crippen molar-refractivity contribution >= 4 is 23.7 Å². The number of aromatic nitrogens is 2. The largest absolute Gasteiger partial charge is 0.497 e. The molecule has 1 heterocycles. The molecule has 7 heteroatoms. The minimum absolute atomic E-state index is 0.290. The molecule has 0 spiro atoms. The van der Waals surface area contributed by atoms with Gasteiger partial charge in [-0.1, -0.05) is 41.9 Å². The minimum atomic E-state index is -0.398. The molecule has 2 aromatic carbocycles. The highest BCUT2D eigenvalue weighted by Gasteiger charge is 2.12. The molecule has 0 fully saturated rings. The number of halogens is 1. The van der Waals surface area contributed by atoms with Crippen molar-refractivity contribution in [3.63, 3.8) is 0 Å². The second-order valence-corrected chi connectivity index (χ2v) is 5.53. The molecule has 0 aliphatic rings. The van der Waals surface area contributed by atoms with Crippen molar-refractivity contribution in [3.8, 4) is 17.0 Å². The van der Waals surface area contributed by atoms with Gasteiger partial charge in [0, 0.05) is 5.56 Å². The van der Waals surface area contributed by atoms with Crippen LogP contribution >= 0.6 is 11.6 Å². The number of amides is 1. The summed E-state index contributed by atoms with van der Waals surface area (Å²) in [6.45, 7) is 0. The molecule has 0 atom stereocenters. The number of nitrogens with one attached hydrogen (secondary N) is 2. The van der Waals surface area contributed by atoms with Gasteiger partial charge in [0.25, 0.3) is 5.91 Å². The van der Waals surface area contributed by atoms with E-state index in [4.69, 9.17) is 16.3 Å². The van der Waals surface area contributed by atoms with Crippen LogP contribution in [0.15, 0.2) is 59.7 Å². The normalized spacial score (nSPS) is 10.8. The van der Waals surface area contributed by atoms with Crippen LogP contribution < -0.4 is 10.2 Å². The van der Waals surface area contributed by atoms with Crippen molar-refractivity contribution in [1.82, 2.24) is 15.6 Å². The van der Waals surface area contributed by atoms with Crippen molar-refractivity contribution in [2.45, 2.75) is 0 Å². The summed E-state index contributed by atoms with van der Waals surface area (Å²) in [6, 6.07) is 16.2. The molecule has 3 rings (SSSR count). The monoisotopic (exact) mass is 354 g/mol. The summed E-state index contributed by atoms with van der Waals surface area (Å²) < 4.78 is 5.13. The summed E-state index contributed by atoms with van der Waals surface area (Å²) >= 11 is 6.14. The standard InChI is InChI=1S/C18H15ClN4O2/c1-25-13-6-4-5-12(9-13)11-20-23-18(24)17-10-16(21-22-17)14-7-2-3-8-15(14)19/h2-11H,1H3,(H,21,22)(H,23,24). The topological polar surface area (TPSA) is 79.4 Å². The number of hydrogen-bond donors (Lipinski definition) is 2. The van der Waals surface area contributed by atoms with E-state index in [0.717, 1.165) is 11.1 Å². The Balaban J connectivity index is 1.68. The van der Waals surface area contributed by atoms with Gasteiger partial charge >= 0.3 is 0 Å². The second kappa shape index (κ2) is 7.63. The Kier molecular flexibility index (Phi) is 5.11. The fourth-order valence-electron chi connectivity index (χ4n) is 2.19. The van der Waals surface area contributed by atoms with E-state index < -0.39 is 5.91 Å². The summed E-state index contributed by atoms with van der Waals surface area (Å²) in [4.78, 5) is 12.1. The second-order valence-electron chi connectivity index (χ2n) is 5.12. The van der Waals surface area contributed by atoms with Crippen LogP contribution in [-0.4, -0.2) is 29.4 Å². The SMILES string of the molecule is COc1cccc(C=NNC(=O)c2cc(-c3ccccc3Cl)n[nH]2)c1. The third kappa shape index (κ3) is 4.05. The lowest BCUT2D eigenvalue weighted by atomic mass is 10.1. The Labute approximate surface area is 149 Å². The van der Waals surface area contributed by atoms with E-state index in [2.05, 4.69) is 20.7 Å². The molecule has 0 bridgehead atoms. The van der Waals surface area contributed by atoms with E-state index in [0.29, 0.717) is 16.5 Å². The fraction of sp³-hybridized carbons (Fsp3) is 0.0556. The third-order valence-corrected chi connectivity index (χ3v) is 3.78. The Hall–Kier alpha value is -3.12. The predicted molar refractivity (Wildman–Crippen MR) is 97.1 cm³/mol. The minimum Gasteiger partial charge on any atom is -0.497 e. The van der Waals surface area contributed by atoms with Gasteiger partial charge in [-0.3, -0.25) is 9.89 Å². The molecule has 0 aliphatic heterocycles. The molecule has 1 aromatic heterocycles. The summed E-state index contributed by atoms with van der Waals surface area (Å²) in [7, 11) is 1.59. The number of rotatable bonds is 5. The van der Waals surface area contributed by atoms with Gasteiger partial charge in [0.15, 0.2) is 0 Å². The first-order valence-corrected chi connectivity index (χ1v) is 7.83. The number of carbonyl (C=O) groups is 1. The molecule has 0 aliphatic carbocycles. The van der Waals surface area contributed by atoms with E-state index in [1.807, 2.05) is 36.4 Å². The molecular formula is C18H15ClN4O2. The number of nitrogens with zero attached hydrogens (tertiary/aromatic N) is 2. The summed E-state index contributed by atoms with van der Waals surface area (Å²) in [5, 5.41) is 11.3. The number of hydrogen-bond acceptors (Lipinski definition) is 4. The lowest BCUT2D eigenvalue weighted by Crippen LogP contribution is -2.18. The predicted octanol–water partition coefficient (Wildman–Crippen LogP) is 3.50. The van der Waals surface area contributed by atoms with Crippen LogP contribution in [0.5, 0.6) is 5.75 Å². The Bertz CT molecular complexity index is 921. The molecule has 0 saturated heterocycles. The first kappa shape index (κ1) is 16.7.